The van der Waals surface area contributed by atoms with Crippen molar-refractivity contribution < 1.29 is 14.3 Å². The topological polar surface area (TPSA) is 106 Å². The van der Waals surface area contributed by atoms with E-state index in [-0.39, 0.29) is 18.0 Å². The highest BCUT2D eigenvalue weighted by Gasteiger charge is 2.26. The van der Waals surface area contributed by atoms with Crippen LogP contribution >= 0.6 is 0 Å². The Morgan fingerprint density at radius 3 is 2.60 bits per heavy atom. The number of anilines is 2. The number of fused-ring (bicyclic) bond motifs is 2. The quantitative estimate of drug-likeness (QED) is 0.324. The summed E-state index contributed by atoms with van der Waals surface area (Å²) in [5.74, 6) is -0.0212. The molecule has 42 heavy (non-hydrogen) atoms. The Labute approximate surface area is 245 Å². The Balaban J connectivity index is 1.44. The number of ether oxygens (including phenoxy) is 1. The second kappa shape index (κ2) is 10.3. The normalized spacial score (nSPS) is 17.3. The van der Waals surface area contributed by atoms with Crippen LogP contribution in [-0.2, 0) is 23.6 Å². The van der Waals surface area contributed by atoms with Crippen molar-refractivity contribution in [1.29, 1.82) is 0 Å². The summed E-state index contributed by atoms with van der Waals surface area (Å²) < 4.78 is 9.24. The Morgan fingerprint density at radius 2 is 1.90 bits per heavy atom. The maximum Gasteiger partial charge on any atom is 0.410 e. The molecule has 0 saturated carbocycles. The molecule has 2 aliphatic rings. The molecular formula is C32H37N7O3. The predicted molar refractivity (Wildman–Crippen MR) is 165 cm³/mol. The van der Waals surface area contributed by atoms with Gasteiger partial charge in [0.15, 0.2) is 0 Å². The largest absolute Gasteiger partial charge is 0.444 e. The summed E-state index contributed by atoms with van der Waals surface area (Å²) in [7, 11) is 3.85. The lowest BCUT2D eigenvalue weighted by Crippen LogP contribution is -2.39. The number of carbonyl (C=O) groups excluding carboxylic acids is 2. The van der Waals surface area contributed by atoms with Crippen LogP contribution in [0.3, 0.4) is 0 Å². The van der Waals surface area contributed by atoms with Crippen LogP contribution < -0.4 is 10.6 Å². The molecule has 6 rings (SSSR count). The zero-order chi connectivity index (χ0) is 29.8. The fraction of sp³-hybridized carbons (Fsp3) is 0.375. The number of carbonyl (C=O) groups is 2. The summed E-state index contributed by atoms with van der Waals surface area (Å²) in [6, 6.07) is 10.6. The minimum atomic E-state index is -0.540. The second-order valence-corrected chi connectivity index (χ2v) is 12.3. The van der Waals surface area contributed by atoms with Crippen molar-refractivity contribution in [1.82, 2.24) is 24.5 Å². The van der Waals surface area contributed by atoms with Crippen LogP contribution in [0, 0.1) is 0 Å². The first-order valence-electron chi connectivity index (χ1n) is 14.3. The van der Waals surface area contributed by atoms with Crippen LogP contribution in [0.2, 0.25) is 0 Å². The molecule has 2 aliphatic heterocycles. The average molecular weight is 568 g/mol. The van der Waals surface area contributed by atoms with Crippen molar-refractivity contribution in [2.24, 2.45) is 14.1 Å². The van der Waals surface area contributed by atoms with Crippen molar-refractivity contribution in [3.63, 3.8) is 0 Å². The van der Waals surface area contributed by atoms with Gasteiger partial charge in [-0.3, -0.25) is 14.2 Å². The first-order valence-corrected chi connectivity index (χ1v) is 14.3. The number of amides is 2. The number of aromatic nitrogens is 4. The van der Waals surface area contributed by atoms with Crippen LogP contribution in [0.5, 0.6) is 0 Å². The molecule has 218 valence electrons. The first kappa shape index (κ1) is 27.6. The zero-order valence-electron chi connectivity index (χ0n) is 25.0. The van der Waals surface area contributed by atoms with Gasteiger partial charge in [0.05, 0.1) is 23.1 Å². The summed E-state index contributed by atoms with van der Waals surface area (Å²) in [6.07, 6.45) is 6.64. The molecule has 2 N–H and O–H groups in total. The molecule has 0 aliphatic carbocycles. The van der Waals surface area contributed by atoms with Gasteiger partial charge in [0.2, 0.25) is 5.91 Å². The molecule has 0 bridgehead atoms. The molecule has 0 radical (unpaired) electrons. The predicted octanol–water partition coefficient (Wildman–Crippen LogP) is 5.81. The minimum absolute atomic E-state index is 0.0212. The van der Waals surface area contributed by atoms with Gasteiger partial charge in [-0.1, -0.05) is 12.1 Å². The van der Waals surface area contributed by atoms with E-state index in [0.29, 0.717) is 25.9 Å². The lowest BCUT2D eigenvalue weighted by Gasteiger charge is -2.30. The third-order valence-corrected chi connectivity index (χ3v) is 7.67. The monoisotopic (exact) mass is 567 g/mol. The number of hydrogen-bond acceptors (Lipinski definition) is 6. The molecule has 0 spiro atoms. The Bertz CT molecular complexity index is 1740. The number of aryl methyl sites for hydroxylation is 2. The van der Waals surface area contributed by atoms with Gasteiger partial charge in [0, 0.05) is 62.4 Å². The summed E-state index contributed by atoms with van der Waals surface area (Å²) in [5.41, 5.74) is 8.11. The van der Waals surface area contributed by atoms with Crippen LogP contribution in [-0.4, -0.2) is 61.2 Å². The SMILES string of the molecule is C[C@@H]1CC(=O)Nc2cc(C3=CCN(C(=O)OC(C)(C)C)CC3)cc(-c3ccc4c(c3)c(-c3cnn(C)c3)nn4C)c2N1. The van der Waals surface area contributed by atoms with Crippen molar-refractivity contribution in [3.05, 3.63) is 54.4 Å². The zero-order valence-corrected chi connectivity index (χ0v) is 25.0. The van der Waals surface area contributed by atoms with Gasteiger partial charge in [-0.25, -0.2) is 4.79 Å². The van der Waals surface area contributed by atoms with E-state index in [2.05, 4.69) is 46.1 Å². The van der Waals surface area contributed by atoms with Crippen molar-refractivity contribution >= 4 is 39.9 Å². The third-order valence-electron chi connectivity index (χ3n) is 7.67. The number of nitrogens with zero attached hydrogens (tertiary/aromatic N) is 5. The van der Waals surface area contributed by atoms with Crippen molar-refractivity contribution in [2.75, 3.05) is 23.7 Å². The Kier molecular flexibility index (Phi) is 6.79. The molecule has 0 saturated heterocycles. The molecule has 2 amide bonds. The first-order chi connectivity index (χ1) is 19.9. The third kappa shape index (κ3) is 5.36. The highest BCUT2D eigenvalue weighted by atomic mass is 16.6. The van der Waals surface area contributed by atoms with Gasteiger partial charge in [0.1, 0.15) is 11.3 Å². The molecule has 0 unspecified atom stereocenters. The van der Waals surface area contributed by atoms with Crippen LogP contribution in [0.1, 0.15) is 46.1 Å². The van der Waals surface area contributed by atoms with Gasteiger partial charge in [-0.05, 0) is 75.1 Å². The van der Waals surface area contributed by atoms with Crippen molar-refractivity contribution in [2.45, 2.75) is 52.2 Å². The molecule has 2 aromatic heterocycles. The van der Waals surface area contributed by atoms with Crippen molar-refractivity contribution in [3.8, 4) is 22.4 Å². The molecule has 4 aromatic rings. The van der Waals surface area contributed by atoms with Gasteiger partial charge in [0.25, 0.3) is 0 Å². The molecule has 10 heteroatoms. The second-order valence-electron chi connectivity index (χ2n) is 12.3. The fourth-order valence-corrected chi connectivity index (χ4v) is 5.70. The van der Waals surface area contributed by atoms with E-state index in [1.165, 1.54) is 0 Å². The average Bonchev–Trinajstić information content (AvgIpc) is 3.46. The lowest BCUT2D eigenvalue weighted by atomic mass is 9.92. The standard InChI is InChI=1S/C32H37N7O3/c1-19-13-28(40)35-26-16-22(20-9-11-39(12-10-20)31(41)42-32(2,3)4)15-24(30(26)34-19)21-7-8-27-25(14-21)29(36-38(27)6)23-17-33-37(5)18-23/h7-9,14-19,34H,10-13H2,1-6H3,(H,35,40)/t19-/m1/s1. The van der Waals surface area contributed by atoms with E-state index >= 15 is 0 Å². The van der Waals surface area contributed by atoms with E-state index < -0.39 is 5.60 Å². The Morgan fingerprint density at radius 1 is 1.10 bits per heavy atom. The smallest absolute Gasteiger partial charge is 0.410 e. The van der Waals surface area contributed by atoms with Gasteiger partial charge < -0.3 is 20.3 Å². The highest BCUT2D eigenvalue weighted by molar-refractivity contribution is 6.03. The lowest BCUT2D eigenvalue weighted by molar-refractivity contribution is -0.116. The van der Waals surface area contributed by atoms with Crippen LogP contribution in [0.15, 0.2) is 48.8 Å². The molecule has 1 atom stereocenters. The summed E-state index contributed by atoms with van der Waals surface area (Å²) >= 11 is 0. The van der Waals surface area contributed by atoms with Gasteiger partial charge in [-0.15, -0.1) is 0 Å². The van der Waals surface area contributed by atoms with E-state index in [9.17, 15) is 9.59 Å². The number of benzene rings is 2. The fourth-order valence-electron chi connectivity index (χ4n) is 5.70. The van der Waals surface area contributed by atoms with Gasteiger partial charge in [-0.2, -0.15) is 10.2 Å². The van der Waals surface area contributed by atoms with Crippen LogP contribution in [0.4, 0.5) is 16.2 Å². The molecular weight excluding hydrogens is 530 g/mol. The van der Waals surface area contributed by atoms with E-state index in [1.54, 1.807) is 9.58 Å². The number of rotatable bonds is 3. The molecule has 4 heterocycles. The maximum absolute atomic E-state index is 12.8. The van der Waals surface area contributed by atoms with E-state index in [4.69, 9.17) is 9.84 Å². The maximum atomic E-state index is 12.8. The number of hydrogen-bond donors (Lipinski definition) is 2. The summed E-state index contributed by atoms with van der Waals surface area (Å²) in [4.78, 5) is 27.1. The van der Waals surface area contributed by atoms with Gasteiger partial charge >= 0.3 is 6.09 Å². The van der Waals surface area contributed by atoms with Crippen LogP contribution in [0.25, 0.3) is 38.9 Å². The molecule has 2 aromatic carbocycles. The summed E-state index contributed by atoms with van der Waals surface area (Å²) in [5, 5.41) is 16.9. The highest BCUT2D eigenvalue weighted by Crippen LogP contribution is 2.42. The van der Waals surface area contributed by atoms with E-state index in [1.807, 2.05) is 64.9 Å². The minimum Gasteiger partial charge on any atom is -0.444 e. The van der Waals surface area contributed by atoms with E-state index in [0.717, 1.165) is 55.8 Å². The summed E-state index contributed by atoms with van der Waals surface area (Å²) in [6.45, 7) is 8.67. The molecule has 0 fully saturated rings. The number of nitrogens with one attached hydrogen (secondary N) is 2. The Hall–Kier alpha value is -4.60. The molecule has 10 nitrogen and oxygen atoms in total.